The molecule has 2 saturated carbocycles. The van der Waals surface area contributed by atoms with E-state index >= 15 is 0 Å². The largest absolute Gasteiger partial charge is 0.457 e. The van der Waals surface area contributed by atoms with Gasteiger partial charge in [0.25, 0.3) is 0 Å². The molecular formula is C52H70O. The van der Waals surface area contributed by atoms with Crippen LogP contribution in [-0.4, -0.2) is 0 Å². The van der Waals surface area contributed by atoms with Crippen molar-refractivity contribution in [1.82, 2.24) is 0 Å². The van der Waals surface area contributed by atoms with Crippen LogP contribution in [0.3, 0.4) is 0 Å². The van der Waals surface area contributed by atoms with Gasteiger partial charge in [0.15, 0.2) is 0 Å². The molecule has 284 valence electrons. The zero-order chi connectivity index (χ0) is 36.8. The Labute approximate surface area is 324 Å². The summed E-state index contributed by atoms with van der Waals surface area (Å²) in [5.41, 5.74) is 11.3. The van der Waals surface area contributed by atoms with Crippen LogP contribution in [0.1, 0.15) is 187 Å². The van der Waals surface area contributed by atoms with Crippen LogP contribution in [0.25, 0.3) is 0 Å². The lowest BCUT2D eigenvalue weighted by molar-refractivity contribution is 0.319. The van der Waals surface area contributed by atoms with Crippen LogP contribution in [0.4, 0.5) is 0 Å². The minimum atomic E-state index is 0.730. The summed E-state index contributed by atoms with van der Waals surface area (Å²) < 4.78 is 7.03. The van der Waals surface area contributed by atoms with Crippen molar-refractivity contribution in [3.8, 4) is 11.5 Å². The Morgan fingerprint density at radius 3 is 1.17 bits per heavy atom. The number of aryl methyl sites for hydroxylation is 2. The lowest BCUT2D eigenvalue weighted by Crippen LogP contribution is -2.12. The van der Waals surface area contributed by atoms with Gasteiger partial charge in [-0.05, 0) is 157 Å². The predicted molar refractivity (Wildman–Crippen MR) is 228 cm³/mol. The maximum absolute atomic E-state index is 7.03. The van der Waals surface area contributed by atoms with Gasteiger partial charge >= 0.3 is 0 Å². The average Bonchev–Trinajstić information content (AvgIpc) is 3.20. The number of hydrogen-bond donors (Lipinski definition) is 0. The van der Waals surface area contributed by atoms with Crippen LogP contribution >= 0.6 is 0 Å². The summed E-state index contributed by atoms with van der Waals surface area (Å²) in [7, 11) is 0. The Morgan fingerprint density at radius 1 is 0.434 bits per heavy atom. The van der Waals surface area contributed by atoms with Crippen LogP contribution in [0.15, 0.2) is 84.9 Å². The lowest BCUT2D eigenvalue weighted by Gasteiger charge is -2.28. The van der Waals surface area contributed by atoms with E-state index in [2.05, 4.69) is 113 Å². The fraction of sp³-hybridized carbons (Fsp3) is 0.538. The quantitative estimate of drug-likeness (QED) is 0.0934. The molecule has 4 aromatic rings. The third kappa shape index (κ3) is 11.3. The molecule has 4 aromatic carbocycles. The molecule has 0 saturated heterocycles. The second kappa shape index (κ2) is 20.4. The second-order valence-corrected chi connectivity index (χ2v) is 17.0. The topological polar surface area (TPSA) is 9.23 Å². The van der Waals surface area contributed by atoms with E-state index in [9.17, 15) is 0 Å². The first-order chi connectivity index (χ1) is 26.0. The summed E-state index contributed by atoms with van der Waals surface area (Å²) in [6, 6.07) is 33.3. The molecule has 0 unspecified atom stereocenters. The van der Waals surface area contributed by atoms with E-state index in [1.807, 2.05) is 0 Å². The zero-order valence-electron chi connectivity index (χ0n) is 33.9. The zero-order valence-corrected chi connectivity index (χ0v) is 33.9. The molecule has 0 bridgehead atoms. The first-order valence-corrected chi connectivity index (χ1v) is 22.1. The molecule has 0 atom stereocenters. The van der Waals surface area contributed by atoms with E-state index in [4.69, 9.17) is 4.74 Å². The van der Waals surface area contributed by atoms with Crippen LogP contribution in [0, 0.1) is 11.8 Å². The Hall–Kier alpha value is -3.32. The SMILES string of the molecule is CCCCCc1ccc(Oc2ccc(CCCCC)cc2Cc2ccc(C3CCC(CC)CC3)cc2)c(Cc2ccc(C3CCC(CC)CC3)cc2)c1. The summed E-state index contributed by atoms with van der Waals surface area (Å²) in [6.45, 7) is 9.30. The fourth-order valence-electron chi connectivity index (χ4n) is 9.39. The van der Waals surface area contributed by atoms with E-state index in [1.54, 1.807) is 0 Å². The molecule has 0 spiro atoms. The molecule has 0 aromatic heterocycles. The maximum Gasteiger partial charge on any atom is 0.130 e. The first kappa shape index (κ1) is 39.4. The van der Waals surface area contributed by atoms with Crippen LogP contribution in [0.5, 0.6) is 11.5 Å². The van der Waals surface area contributed by atoms with Gasteiger partial charge in [-0.2, -0.15) is 0 Å². The van der Waals surface area contributed by atoms with Gasteiger partial charge in [0, 0.05) is 12.8 Å². The molecular weight excluding hydrogens is 641 g/mol. The van der Waals surface area contributed by atoms with E-state index < -0.39 is 0 Å². The van der Waals surface area contributed by atoms with Gasteiger partial charge in [-0.15, -0.1) is 0 Å². The number of unbranched alkanes of at least 4 members (excludes halogenated alkanes) is 4. The first-order valence-electron chi connectivity index (χ1n) is 22.1. The highest BCUT2D eigenvalue weighted by Crippen LogP contribution is 2.39. The Morgan fingerprint density at radius 2 is 0.811 bits per heavy atom. The number of hydrogen-bond acceptors (Lipinski definition) is 1. The van der Waals surface area contributed by atoms with Crippen molar-refractivity contribution in [1.29, 1.82) is 0 Å². The molecule has 6 rings (SSSR count). The fourth-order valence-corrected chi connectivity index (χ4v) is 9.39. The van der Waals surface area contributed by atoms with Crippen molar-refractivity contribution in [2.45, 2.75) is 168 Å². The van der Waals surface area contributed by atoms with Gasteiger partial charge in [0.2, 0.25) is 0 Å². The van der Waals surface area contributed by atoms with Crippen LogP contribution < -0.4 is 4.74 Å². The third-order valence-corrected chi connectivity index (χ3v) is 13.1. The molecule has 2 aliphatic carbocycles. The molecule has 0 N–H and O–H groups in total. The number of rotatable bonds is 18. The minimum Gasteiger partial charge on any atom is -0.457 e. The lowest BCUT2D eigenvalue weighted by atomic mass is 9.78. The monoisotopic (exact) mass is 711 g/mol. The molecule has 2 aliphatic rings. The average molecular weight is 711 g/mol. The van der Waals surface area contributed by atoms with Crippen molar-refractivity contribution in [3.05, 3.63) is 129 Å². The minimum absolute atomic E-state index is 0.730. The summed E-state index contributed by atoms with van der Waals surface area (Å²) in [6.07, 6.45) is 25.2. The molecule has 0 radical (unpaired) electrons. The highest BCUT2D eigenvalue weighted by atomic mass is 16.5. The van der Waals surface area contributed by atoms with E-state index in [1.165, 1.54) is 147 Å². The van der Waals surface area contributed by atoms with Gasteiger partial charge in [0.1, 0.15) is 11.5 Å². The van der Waals surface area contributed by atoms with Gasteiger partial charge in [0.05, 0.1) is 0 Å². The molecule has 0 heterocycles. The summed E-state index contributed by atoms with van der Waals surface area (Å²) in [5.74, 6) is 5.34. The van der Waals surface area contributed by atoms with E-state index in [-0.39, 0.29) is 0 Å². The van der Waals surface area contributed by atoms with Gasteiger partial charge in [-0.1, -0.05) is 139 Å². The maximum atomic E-state index is 7.03. The Balaban J connectivity index is 1.22. The number of ether oxygens (including phenoxy) is 1. The molecule has 0 amide bonds. The summed E-state index contributed by atoms with van der Waals surface area (Å²) in [5, 5.41) is 0. The number of benzene rings is 4. The van der Waals surface area contributed by atoms with Gasteiger partial charge in [-0.25, -0.2) is 0 Å². The Bertz CT molecular complexity index is 1520. The normalized spacial score (nSPS) is 20.4. The molecule has 53 heavy (non-hydrogen) atoms. The standard InChI is InChI=1S/C52H70O/c1-5-9-11-13-41-23-33-51(49(35-41)37-43-19-29-47(30-20-43)45-25-15-39(7-3)16-26-45)53-52-34-24-42(14-12-10-6-2)36-50(52)38-44-21-31-48(32-22-44)46-27-17-40(8-4)18-28-46/h19-24,29-36,39-40,45-46H,5-18,25-28,37-38H2,1-4H3. The van der Waals surface area contributed by atoms with Crippen molar-refractivity contribution < 1.29 is 4.74 Å². The van der Waals surface area contributed by atoms with Gasteiger partial charge in [-0.3, -0.25) is 0 Å². The second-order valence-electron chi connectivity index (χ2n) is 17.0. The van der Waals surface area contributed by atoms with Crippen molar-refractivity contribution in [2.75, 3.05) is 0 Å². The van der Waals surface area contributed by atoms with Crippen molar-refractivity contribution in [3.63, 3.8) is 0 Å². The highest BCUT2D eigenvalue weighted by Gasteiger charge is 2.23. The van der Waals surface area contributed by atoms with Gasteiger partial charge < -0.3 is 4.74 Å². The summed E-state index contributed by atoms with van der Waals surface area (Å²) >= 11 is 0. The van der Waals surface area contributed by atoms with Crippen molar-refractivity contribution in [2.24, 2.45) is 11.8 Å². The van der Waals surface area contributed by atoms with E-state index in [0.29, 0.717) is 0 Å². The third-order valence-electron chi connectivity index (χ3n) is 13.1. The molecule has 1 heteroatoms. The van der Waals surface area contributed by atoms with Crippen LogP contribution in [-0.2, 0) is 25.7 Å². The van der Waals surface area contributed by atoms with E-state index in [0.717, 1.165) is 60.9 Å². The highest BCUT2D eigenvalue weighted by molar-refractivity contribution is 5.48. The van der Waals surface area contributed by atoms with Crippen LogP contribution in [0.2, 0.25) is 0 Å². The Kier molecular flexibility index (Phi) is 15.1. The van der Waals surface area contributed by atoms with Crippen molar-refractivity contribution >= 4 is 0 Å². The summed E-state index contributed by atoms with van der Waals surface area (Å²) in [4.78, 5) is 0. The molecule has 0 aliphatic heterocycles. The molecule has 2 fully saturated rings. The smallest absolute Gasteiger partial charge is 0.130 e. The molecule has 1 nitrogen and oxygen atoms in total. The predicted octanol–water partition coefficient (Wildman–Crippen LogP) is 15.5.